The van der Waals surface area contributed by atoms with E-state index in [2.05, 4.69) is 25.6 Å². The van der Waals surface area contributed by atoms with Gasteiger partial charge in [0.15, 0.2) is 0 Å². The van der Waals surface area contributed by atoms with Crippen LogP contribution in [0.5, 0.6) is 11.5 Å². The molecule has 0 atom stereocenters. The summed E-state index contributed by atoms with van der Waals surface area (Å²) in [6.07, 6.45) is 9.71. The van der Waals surface area contributed by atoms with Gasteiger partial charge in [-0.25, -0.2) is 19.7 Å². The number of nitrogens with zero attached hydrogens (tertiary/aromatic N) is 4. The van der Waals surface area contributed by atoms with Crippen LogP contribution in [0.3, 0.4) is 0 Å². The lowest BCUT2D eigenvalue weighted by Gasteiger charge is -2.25. The van der Waals surface area contributed by atoms with Crippen molar-refractivity contribution in [2.75, 3.05) is 12.4 Å². The summed E-state index contributed by atoms with van der Waals surface area (Å²) in [6.45, 7) is 3.74. The largest absolute Gasteiger partial charge is 0.455 e. The molecule has 3 aromatic heterocycles. The van der Waals surface area contributed by atoms with Crippen molar-refractivity contribution in [1.82, 2.24) is 24.8 Å². The van der Waals surface area contributed by atoms with Gasteiger partial charge < -0.3 is 9.47 Å². The number of methoxy groups -OCH3 is 1. The van der Waals surface area contributed by atoms with Crippen molar-refractivity contribution >= 4 is 17.8 Å². The number of pyridine rings is 2. The Hall–Kier alpha value is -3.79. The second-order valence-electron chi connectivity index (χ2n) is 8.02. The van der Waals surface area contributed by atoms with Crippen LogP contribution in [0.1, 0.15) is 36.9 Å². The Morgan fingerprint density at radius 1 is 1.12 bits per heavy atom. The fourth-order valence-electron chi connectivity index (χ4n) is 3.83. The van der Waals surface area contributed by atoms with E-state index in [4.69, 9.17) is 9.47 Å². The number of hydrogen-bond donors (Lipinski definition) is 2. The van der Waals surface area contributed by atoms with E-state index in [-0.39, 0.29) is 0 Å². The minimum atomic E-state index is -0.933. The maximum Gasteiger partial charge on any atom is 0.327 e. The topological polar surface area (TPSA) is 120 Å². The number of carbonyl (C=O) groups is 2. The molecule has 0 bridgehead atoms. The zero-order valence-electron chi connectivity index (χ0n) is 18.8. The molecule has 3 aromatic rings. The Morgan fingerprint density at radius 2 is 1.91 bits per heavy atom. The monoisotopic (exact) mass is 450 g/mol. The number of ether oxygens (including phenoxy) is 2. The molecule has 1 aliphatic rings. The lowest BCUT2D eigenvalue weighted by Crippen LogP contribution is -2.49. The number of imide groups is 1. The summed E-state index contributed by atoms with van der Waals surface area (Å²) in [6, 6.07) is 4.55. The molecule has 0 unspecified atom stereocenters. The first-order valence-corrected chi connectivity index (χ1v) is 10.7. The van der Waals surface area contributed by atoms with Crippen LogP contribution in [-0.2, 0) is 9.53 Å². The van der Waals surface area contributed by atoms with Crippen molar-refractivity contribution in [2.24, 2.45) is 0 Å². The van der Waals surface area contributed by atoms with Crippen LogP contribution >= 0.6 is 0 Å². The molecule has 0 aromatic carbocycles. The molecule has 0 radical (unpaired) electrons. The predicted octanol–water partition coefficient (Wildman–Crippen LogP) is 3.68. The van der Waals surface area contributed by atoms with Crippen LogP contribution in [0.2, 0.25) is 0 Å². The molecule has 3 heterocycles. The van der Waals surface area contributed by atoms with E-state index in [0.29, 0.717) is 36.0 Å². The first kappa shape index (κ1) is 22.4. The summed E-state index contributed by atoms with van der Waals surface area (Å²) in [7, 11) is 1.49. The highest BCUT2D eigenvalue weighted by Gasteiger charge is 2.42. The van der Waals surface area contributed by atoms with Crippen LogP contribution in [0.4, 0.5) is 10.6 Å². The molecule has 0 saturated heterocycles. The number of amides is 3. The lowest BCUT2D eigenvalue weighted by molar-refractivity contribution is -0.141. The van der Waals surface area contributed by atoms with Gasteiger partial charge in [-0.15, -0.1) is 0 Å². The molecule has 0 spiro atoms. The summed E-state index contributed by atoms with van der Waals surface area (Å²) < 4.78 is 13.2. The summed E-state index contributed by atoms with van der Waals surface area (Å²) in [5.41, 5.74) is 0.710. The first-order chi connectivity index (χ1) is 15.9. The van der Waals surface area contributed by atoms with E-state index in [9.17, 15) is 9.59 Å². The molecular formula is C23H26N6O4. The van der Waals surface area contributed by atoms with Gasteiger partial charge in [0.05, 0.1) is 11.9 Å². The van der Waals surface area contributed by atoms with Crippen LogP contribution in [0, 0.1) is 13.8 Å². The fraction of sp³-hybridized carbons (Fsp3) is 0.348. The molecular weight excluding hydrogens is 424 g/mol. The molecule has 2 N–H and O–H groups in total. The van der Waals surface area contributed by atoms with E-state index in [0.717, 1.165) is 24.1 Å². The molecule has 172 valence electrons. The van der Waals surface area contributed by atoms with E-state index in [1.165, 1.54) is 13.3 Å². The molecule has 33 heavy (non-hydrogen) atoms. The van der Waals surface area contributed by atoms with E-state index >= 15 is 0 Å². The Labute approximate surface area is 191 Å². The average molecular weight is 450 g/mol. The van der Waals surface area contributed by atoms with Gasteiger partial charge in [-0.1, -0.05) is 0 Å². The maximum absolute atomic E-state index is 12.5. The second kappa shape index (κ2) is 9.37. The third kappa shape index (κ3) is 5.01. The molecule has 1 aliphatic carbocycles. The Morgan fingerprint density at radius 3 is 2.58 bits per heavy atom. The Kier molecular flexibility index (Phi) is 6.36. The predicted molar refractivity (Wildman–Crippen MR) is 121 cm³/mol. The minimum absolute atomic E-state index is 0.298. The quantitative estimate of drug-likeness (QED) is 0.588. The average Bonchev–Trinajstić information content (AvgIpc) is 3.46. The normalized spacial score (nSPS) is 14.6. The van der Waals surface area contributed by atoms with Crippen LogP contribution in [0.25, 0.3) is 5.82 Å². The lowest BCUT2D eigenvalue weighted by atomic mass is 10.0. The molecule has 1 fully saturated rings. The number of imidazole rings is 1. The molecule has 0 aliphatic heterocycles. The number of hydrogen-bond acceptors (Lipinski definition) is 7. The van der Waals surface area contributed by atoms with Crippen molar-refractivity contribution in [3.05, 3.63) is 54.4 Å². The van der Waals surface area contributed by atoms with Crippen LogP contribution in [-0.4, -0.2) is 44.2 Å². The zero-order chi connectivity index (χ0) is 23.4. The smallest absolute Gasteiger partial charge is 0.327 e. The SMILES string of the molecule is COC1(C(=O)NC(=O)Nc2cc(C)c(Oc3ccnc(-n4cnc(C)c4)c3)cn2)CCCC1. The summed E-state index contributed by atoms with van der Waals surface area (Å²) >= 11 is 0. The van der Waals surface area contributed by atoms with E-state index < -0.39 is 17.5 Å². The fourth-order valence-corrected chi connectivity index (χ4v) is 3.83. The number of urea groups is 1. The van der Waals surface area contributed by atoms with Crippen molar-refractivity contribution < 1.29 is 19.1 Å². The number of aromatic nitrogens is 4. The van der Waals surface area contributed by atoms with Crippen molar-refractivity contribution in [2.45, 2.75) is 45.1 Å². The van der Waals surface area contributed by atoms with Crippen molar-refractivity contribution in [3.63, 3.8) is 0 Å². The number of aryl methyl sites for hydroxylation is 2. The number of anilines is 1. The molecule has 10 nitrogen and oxygen atoms in total. The Bertz CT molecular complexity index is 1170. The summed E-state index contributed by atoms with van der Waals surface area (Å²) in [5.74, 6) is 1.65. The van der Waals surface area contributed by atoms with E-state index in [1.54, 1.807) is 35.3 Å². The van der Waals surface area contributed by atoms with Gasteiger partial charge in [-0.3, -0.25) is 20.0 Å². The standard InChI is InChI=1S/C23H26N6O4/c1-15-10-19(27-22(31)28-21(30)23(32-3)7-4-5-8-23)25-12-18(15)33-17-6-9-24-20(11-17)29-13-16(2)26-14-29/h6,9-14H,4-5,7-8H2,1-3H3,(H2,25,27,28,30,31). The van der Waals surface area contributed by atoms with Gasteiger partial charge in [0.2, 0.25) is 0 Å². The third-order valence-corrected chi connectivity index (χ3v) is 5.67. The molecule has 1 saturated carbocycles. The first-order valence-electron chi connectivity index (χ1n) is 10.7. The van der Waals surface area contributed by atoms with Gasteiger partial charge in [0.25, 0.3) is 5.91 Å². The van der Waals surface area contributed by atoms with Gasteiger partial charge in [0, 0.05) is 25.6 Å². The van der Waals surface area contributed by atoms with Crippen molar-refractivity contribution in [1.29, 1.82) is 0 Å². The van der Waals surface area contributed by atoms with Crippen molar-refractivity contribution in [3.8, 4) is 17.3 Å². The van der Waals surface area contributed by atoms with Crippen LogP contribution < -0.4 is 15.4 Å². The molecule has 3 amide bonds. The molecule has 4 rings (SSSR count). The minimum Gasteiger partial charge on any atom is -0.455 e. The van der Waals surface area contributed by atoms with Gasteiger partial charge in [-0.2, -0.15) is 0 Å². The van der Waals surface area contributed by atoms with Crippen LogP contribution in [0.15, 0.2) is 43.1 Å². The summed E-state index contributed by atoms with van der Waals surface area (Å²) in [5, 5.41) is 4.95. The maximum atomic E-state index is 12.5. The highest BCUT2D eigenvalue weighted by atomic mass is 16.5. The Balaban J connectivity index is 1.40. The third-order valence-electron chi connectivity index (χ3n) is 5.67. The molecule has 10 heteroatoms. The van der Waals surface area contributed by atoms with Gasteiger partial charge in [-0.05, 0) is 57.2 Å². The second-order valence-corrected chi connectivity index (χ2v) is 8.02. The zero-order valence-corrected chi connectivity index (χ0v) is 18.8. The highest BCUT2D eigenvalue weighted by molar-refractivity contribution is 6.03. The van der Waals surface area contributed by atoms with Gasteiger partial charge >= 0.3 is 6.03 Å². The number of nitrogens with one attached hydrogen (secondary N) is 2. The highest BCUT2D eigenvalue weighted by Crippen LogP contribution is 2.33. The van der Waals surface area contributed by atoms with Gasteiger partial charge in [0.1, 0.15) is 35.1 Å². The number of rotatable bonds is 6. The van der Waals surface area contributed by atoms with E-state index in [1.807, 2.05) is 20.0 Å². The summed E-state index contributed by atoms with van der Waals surface area (Å²) in [4.78, 5) is 37.6. The number of carbonyl (C=O) groups excluding carboxylic acids is 2.